The van der Waals surface area contributed by atoms with Gasteiger partial charge in [-0.1, -0.05) is 39.5 Å². The highest BCUT2D eigenvalue weighted by Crippen LogP contribution is 2.33. The first-order chi connectivity index (χ1) is 8.31. The van der Waals surface area contributed by atoms with Crippen LogP contribution in [0.3, 0.4) is 0 Å². The number of ether oxygens (including phenoxy) is 1. The molecule has 0 aromatic carbocycles. The summed E-state index contributed by atoms with van der Waals surface area (Å²) in [6.07, 6.45) is 8.46. The fraction of sp³-hybridized carbons (Fsp3) is 1.00. The van der Waals surface area contributed by atoms with Crippen molar-refractivity contribution in [3.05, 3.63) is 0 Å². The van der Waals surface area contributed by atoms with E-state index in [9.17, 15) is 0 Å². The summed E-state index contributed by atoms with van der Waals surface area (Å²) in [5.74, 6) is 1.85. The zero-order valence-corrected chi connectivity index (χ0v) is 12.0. The predicted molar refractivity (Wildman–Crippen MR) is 74.3 cm³/mol. The lowest BCUT2D eigenvalue weighted by Crippen LogP contribution is -2.41. The highest BCUT2D eigenvalue weighted by Gasteiger charge is 2.26. The highest BCUT2D eigenvalue weighted by atomic mass is 16.5. The maximum atomic E-state index is 5.61. The highest BCUT2D eigenvalue weighted by molar-refractivity contribution is 4.81. The fourth-order valence-electron chi connectivity index (χ4n) is 3.16. The average Bonchev–Trinajstić information content (AvgIpc) is 2.36. The van der Waals surface area contributed by atoms with E-state index in [4.69, 9.17) is 4.74 Å². The third-order valence-electron chi connectivity index (χ3n) is 4.13. The number of likely N-dealkylation sites (N-methyl/N-ethyl adjacent to an activating group) is 1. The van der Waals surface area contributed by atoms with Crippen molar-refractivity contribution in [3.63, 3.8) is 0 Å². The summed E-state index contributed by atoms with van der Waals surface area (Å²) in [6.45, 7) is 9.39. The normalized spacial score (nSPS) is 27.0. The Labute approximate surface area is 108 Å². The van der Waals surface area contributed by atoms with Gasteiger partial charge in [0, 0.05) is 12.6 Å². The zero-order chi connectivity index (χ0) is 12.5. The van der Waals surface area contributed by atoms with E-state index < -0.39 is 0 Å². The quantitative estimate of drug-likeness (QED) is 0.701. The fourth-order valence-corrected chi connectivity index (χ4v) is 3.16. The van der Waals surface area contributed by atoms with Crippen molar-refractivity contribution in [2.24, 2.45) is 11.8 Å². The lowest BCUT2D eigenvalue weighted by Gasteiger charge is -2.34. The van der Waals surface area contributed by atoms with Gasteiger partial charge in [-0.25, -0.2) is 0 Å². The molecule has 1 fully saturated rings. The summed E-state index contributed by atoms with van der Waals surface area (Å²) in [5.41, 5.74) is 0. The number of hydrogen-bond donors (Lipinski definition) is 1. The molecule has 102 valence electrons. The molecule has 0 amide bonds. The summed E-state index contributed by atoms with van der Waals surface area (Å²) in [6, 6.07) is 0.586. The van der Waals surface area contributed by atoms with Crippen molar-refractivity contribution in [2.45, 2.75) is 65.3 Å². The summed E-state index contributed by atoms with van der Waals surface area (Å²) < 4.78 is 5.61. The van der Waals surface area contributed by atoms with Crippen molar-refractivity contribution >= 4 is 0 Å². The van der Waals surface area contributed by atoms with E-state index >= 15 is 0 Å². The number of nitrogens with one attached hydrogen (secondary N) is 1. The molecule has 0 radical (unpaired) electrons. The van der Waals surface area contributed by atoms with E-state index in [-0.39, 0.29) is 0 Å². The Morgan fingerprint density at radius 1 is 1.12 bits per heavy atom. The molecule has 0 aromatic heterocycles. The molecule has 0 spiro atoms. The standard InChI is InChI=1S/C15H31NO/c1-4-7-13-8-10-14(11-9-13)15(16-5-2)12-17-6-3/h13-16H,4-12H2,1-3H3. The van der Waals surface area contributed by atoms with E-state index in [0.717, 1.165) is 31.6 Å². The van der Waals surface area contributed by atoms with E-state index in [1.54, 1.807) is 0 Å². The predicted octanol–water partition coefficient (Wildman–Crippen LogP) is 3.61. The number of hydrogen-bond acceptors (Lipinski definition) is 2. The molecule has 17 heavy (non-hydrogen) atoms. The summed E-state index contributed by atoms with van der Waals surface area (Å²) >= 11 is 0. The molecule has 1 unspecified atom stereocenters. The molecule has 0 heterocycles. The molecule has 2 heteroatoms. The molecule has 0 aromatic rings. The van der Waals surface area contributed by atoms with Crippen LogP contribution >= 0.6 is 0 Å². The first-order valence-corrected chi connectivity index (χ1v) is 7.62. The maximum absolute atomic E-state index is 5.61. The first-order valence-electron chi connectivity index (χ1n) is 7.62. The van der Waals surface area contributed by atoms with Crippen LogP contribution in [0.15, 0.2) is 0 Å². The van der Waals surface area contributed by atoms with Gasteiger partial charge in [-0.05, 0) is 38.1 Å². The average molecular weight is 241 g/mol. The van der Waals surface area contributed by atoms with Gasteiger partial charge in [-0.3, -0.25) is 0 Å². The van der Waals surface area contributed by atoms with E-state index in [1.807, 2.05) is 0 Å². The molecule has 0 aliphatic heterocycles. The molecule has 1 N–H and O–H groups in total. The molecule has 1 saturated carbocycles. The molecule has 0 saturated heterocycles. The Morgan fingerprint density at radius 3 is 2.35 bits per heavy atom. The topological polar surface area (TPSA) is 21.3 Å². The molecular formula is C15H31NO. The van der Waals surface area contributed by atoms with Crippen LogP contribution < -0.4 is 5.32 Å². The Bertz CT molecular complexity index is 176. The van der Waals surface area contributed by atoms with Crippen molar-refractivity contribution in [2.75, 3.05) is 19.8 Å². The molecule has 1 aliphatic rings. The van der Waals surface area contributed by atoms with Crippen LogP contribution in [0.5, 0.6) is 0 Å². The Morgan fingerprint density at radius 2 is 1.82 bits per heavy atom. The SMILES string of the molecule is CCCC1CCC(C(COCC)NCC)CC1. The molecule has 2 nitrogen and oxygen atoms in total. The summed E-state index contributed by atoms with van der Waals surface area (Å²) in [4.78, 5) is 0. The maximum Gasteiger partial charge on any atom is 0.0622 e. The lowest BCUT2D eigenvalue weighted by molar-refractivity contribution is 0.0875. The Balaban J connectivity index is 2.31. The lowest BCUT2D eigenvalue weighted by atomic mass is 9.77. The second-order valence-corrected chi connectivity index (χ2v) is 5.39. The van der Waals surface area contributed by atoms with Gasteiger partial charge < -0.3 is 10.1 Å². The third kappa shape index (κ3) is 5.39. The van der Waals surface area contributed by atoms with Crippen molar-refractivity contribution < 1.29 is 4.74 Å². The van der Waals surface area contributed by atoms with Gasteiger partial charge in [0.1, 0.15) is 0 Å². The van der Waals surface area contributed by atoms with E-state index in [1.165, 1.54) is 38.5 Å². The molecular weight excluding hydrogens is 210 g/mol. The van der Waals surface area contributed by atoms with Gasteiger partial charge in [0.25, 0.3) is 0 Å². The van der Waals surface area contributed by atoms with E-state index in [0.29, 0.717) is 6.04 Å². The van der Waals surface area contributed by atoms with Crippen molar-refractivity contribution in [1.82, 2.24) is 5.32 Å². The van der Waals surface area contributed by atoms with Crippen molar-refractivity contribution in [1.29, 1.82) is 0 Å². The van der Waals surface area contributed by atoms with Gasteiger partial charge >= 0.3 is 0 Å². The van der Waals surface area contributed by atoms with Crippen LogP contribution in [0.4, 0.5) is 0 Å². The third-order valence-corrected chi connectivity index (χ3v) is 4.13. The molecule has 0 bridgehead atoms. The first kappa shape index (κ1) is 15.0. The summed E-state index contributed by atoms with van der Waals surface area (Å²) in [5, 5.41) is 3.61. The smallest absolute Gasteiger partial charge is 0.0622 e. The second kappa shape index (κ2) is 8.93. The van der Waals surface area contributed by atoms with Crippen LogP contribution in [0.2, 0.25) is 0 Å². The summed E-state index contributed by atoms with van der Waals surface area (Å²) in [7, 11) is 0. The minimum Gasteiger partial charge on any atom is -0.380 e. The molecule has 1 atom stereocenters. The van der Waals surface area contributed by atoms with Crippen LogP contribution in [-0.2, 0) is 4.74 Å². The minimum absolute atomic E-state index is 0.586. The van der Waals surface area contributed by atoms with Crippen LogP contribution in [-0.4, -0.2) is 25.8 Å². The largest absolute Gasteiger partial charge is 0.380 e. The minimum atomic E-state index is 0.586. The zero-order valence-electron chi connectivity index (χ0n) is 12.0. The van der Waals surface area contributed by atoms with Gasteiger partial charge in [0.15, 0.2) is 0 Å². The van der Waals surface area contributed by atoms with Crippen molar-refractivity contribution in [3.8, 4) is 0 Å². The number of rotatable bonds is 8. The Kier molecular flexibility index (Phi) is 7.87. The van der Waals surface area contributed by atoms with Gasteiger partial charge in [-0.15, -0.1) is 0 Å². The molecule has 1 rings (SSSR count). The second-order valence-electron chi connectivity index (χ2n) is 5.39. The monoisotopic (exact) mass is 241 g/mol. The molecule has 1 aliphatic carbocycles. The van der Waals surface area contributed by atoms with Gasteiger partial charge in [0.05, 0.1) is 6.61 Å². The van der Waals surface area contributed by atoms with Crippen LogP contribution in [0.25, 0.3) is 0 Å². The van der Waals surface area contributed by atoms with Gasteiger partial charge in [0.2, 0.25) is 0 Å². The van der Waals surface area contributed by atoms with Crippen LogP contribution in [0.1, 0.15) is 59.3 Å². The van der Waals surface area contributed by atoms with Crippen LogP contribution in [0, 0.1) is 11.8 Å². The van der Waals surface area contributed by atoms with Gasteiger partial charge in [-0.2, -0.15) is 0 Å². The Hall–Kier alpha value is -0.0800. The van der Waals surface area contributed by atoms with E-state index in [2.05, 4.69) is 26.1 Å².